The third-order valence-corrected chi connectivity index (χ3v) is 4.01. The predicted octanol–water partition coefficient (Wildman–Crippen LogP) is 3.81. The Kier molecular flexibility index (Phi) is 4.69. The van der Waals surface area contributed by atoms with E-state index in [0.717, 1.165) is 16.7 Å². The molecule has 142 valence electrons. The molecule has 0 amide bonds. The Hall–Kier alpha value is -3.23. The number of hydrogen-bond acceptors (Lipinski definition) is 3. The van der Waals surface area contributed by atoms with Gasteiger partial charge in [0.1, 0.15) is 11.6 Å². The second-order valence-corrected chi connectivity index (χ2v) is 6.08. The first kappa shape index (κ1) is 18.6. The fourth-order valence-electron chi connectivity index (χ4n) is 2.95. The van der Waals surface area contributed by atoms with Crippen LogP contribution in [0.3, 0.4) is 0 Å². The van der Waals surface area contributed by atoms with E-state index in [4.69, 9.17) is 5.11 Å². The van der Waals surface area contributed by atoms with Crippen molar-refractivity contribution in [2.75, 3.05) is 0 Å². The van der Waals surface area contributed by atoms with Crippen LogP contribution in [0.1, 0.15) is 30.2 Å². The molecule has 0 aliphatic heterocycles. The maximum Gasteiger partial charge on any atom is 0.387 e. The minimum atomic E-state index is -3.04. The third kappa shape index (κ3) is 3.27. The average Bonchev–Trinajstić information content (AvgIpc) is 2.84. The van der Waals surface area contributed by atoms with Gasteiger partial charge in [0.15, 0.2) is 0 Å². The number of carboxylic acid groups (broad SMARTS) is 1. The van der Waals surface area contributed by atoms with E-state index in [1.165, 1.54) is 28.8 Å². The summed E-state index contributed by atoms with van der Waals surface area (Å²) < 4.78 is 46.0. The van der Waals surface area contributed by atoms with Gasteiger partial charge in [-0.05, 0) is 32.0 Å². The molecule has 0 bridgehead atoms. The highest BCUT2D eigenvalue weighted by Gasteiger charge is 2.21. The zero-order valence-corrected chi connectivity index (χ0v) is 14.3. The first-order valence-corrected chi connectivity index (χ1v) is 7.95. The number of fused-ring (bicyclic) bond motifs is 1. The predicted molar refractivity (Wildman–Crippen MR) is 91.5 cm³/mol. The smallest absolute Gasteiger partial charge is 0.387 e. The molecule has 3 rings (SSSR count). The van der Waals surface area contributed by atoms with Crippen LogP contribution in [0.5, 0.6) is 5.75 Å². The Bertz CT molecular complexity index is 1090. The summed E-state index contributed by atoms with van der Waals surface area (Å²) in [4.78, 5) is 24.2. The maximum absolute atomic E-state index is 14.2. The van der Waals surface area contributed by atoms with Crippen LogP contribution in [-0.4, -0.2) is 26.8 Å². The lowest BCUT2D eigenvalue weighted by atomic mass is 10.1. The number of halogens is 3. The summed E-state index contributed by atoms with van der Waals surface area (Å²) in [6, 6.07) is 7.09. The summed E-state index contributed by atoms with van der Waals surface area (Å²) in [6.07, 6.45) is 0. The molecule has 1 aromatic heterocycles. The topological polar surface area (TPSA) is 73.5 Å². The van der Waals surface area contributed by atoms with E-state index < -0.39 is 29.7 Å². The number of alkyl halides is 2. The van der Waals surface area contributed by atoms with Crippen molar-refractivity contribution in [3.63, 3.8) is 0 Å². The normalized spacial score (nSPS) is 11.5. The van der Waals surface area contributed by atoms with E-state index in [1.54, 1.807) is 13.8 Å². The number of imidazole rings is 1. The fraction of sp³-hybridized carbons (Fsp3) is 0.222. The van der Waals surface area contributed by atoms with Crippen molar-refractivity contribution in [2.45, 2.75) is 26.5 Å². The molecule has 6 nitrogen and oxygen atoms in total. The van der Waals surface area contributed by atoms with Gasteiger partial charge in [0.25, 0.3) is 0 Å². The fourth-order valence-corrected chi connectivity index (χ4v) is 2.95. The largest absolute Gasteiger partial charge is 0.478 e. The standard InChI is InChI=1S/C18H15F3N2O4/c1-9(2)22-14-7-12(16(24)25)13(19)8-15(14)23(18(22)26)10-4-3-5-11(6-10)27-17(20)21/h3-9,17H,1-2H3,(H,24,25). The number of nitrogens with zero attached hydrogens (tertiary/aromatic N) is 2. The monoisotopic (exact) mass is 380 g/mol. The summed E-state index contributed by atoms with van der Waals surface area (Å²) in [5.74, 6) is -2.63. The lowest BCUT2D eigenvalue weighted by Gasteiger charge is -2.08. The summed E-state index contributed by atoms with van der Waals surface area (Å²) in [6.45, 7) is 0.390. The molecule has 1 N–H and O–H groups in total. The zero-order chi connectivity index (χ0) is 19.9. The van der Waals surface area contributed by atoms with Crippen molar-refractivity contribution < 1.29 is 27.8 Å². The molecule has 0 saturated carbocycles. The number of ether oxygens (including phenoxy) is 1. The number of carboxylic acids is 1. The van der Waals surface area contributed by atoms with Crippen LogP contribution in [0.2, 0.25) is 0 Å². The Morgan fingerprint density at radius 2 is 1.85 bits per heavy atom. The minimum Gasteiger partial charge on any atom is -0.478 e. The zero-order valence-electron chi connectivity index (χ0n) is 14.3. The first-order valence-electron chi connectivity index (χ1n) is 7.95. The van der Waals surface area contributed by atoms with Crippen molar-refractivity contribution in [1.82, 2.24) is 9.13 Å². The number of aromatic carboxylic acids is 1. The van der Waals surface area contributed by atoms with Gasteiger partial charge in [0.05, 0.1) is 22.3 Å². The van der Waals surface area contributed by atoms with E-state index in [1.807, 2.05) is 0 Å². The molecule has 3 aromatic rings. The SMILES string of the molecule is CC(C)n1c(=O)n(-c2cccc(OC(F)F)c2)c2cc(F)c(C(=O)O)cc21. The van der Waals surface area contributed by atoms with Crippen LogP contribution in [-0.2, 0) is 0 Å². The average molecular weight is 380 g/mol. The van der Waals surface area contributed by atoms with Crippen molar-refractivity contribution in [3.05, 3.63) is 58.3 Å². The first-order chi connectivity index (χ1) is 12.7. The van der Waals surface area contributed by atoms with Crippen molar-refractivity contribution in [2.24, 2.45) is 0 Å². The van der Waals surface area contributed by atoms with E-state index >= 15 is 0 Å². The molecule has 0 atom stereocenters. The Balaban J connectivity index is 2.34. The van der Waals surface area contributed by atoms with Gasteiger partial charge in [-0.15, -0.1) is 0 Å². The van der Waals surface area contributed by atoms with Crippen LogP contribution in [0.4, 0.5) is 13.2 Å². The van der Waals surface area contributed by atoms with E-state index in [-0.39, 0.29) is 28.5 Å². The quantitative estimate of drug-likeness (QED) is 0.731. The Labute approximate surface area is 151 Å². The number of rotatable bonds is 5. The van der Waals surface area contributed by atoms with Crippen LogP contribution >= 0.6 is 0 Å². The summed E-state index contributed by atoms with van der Waals surface area (Å²) >= 11 is 0. The third-order valence-electron chi connectivity index (χ3n) is 4.01. The summed E-state index contributed by atoms with van der Waals surface area (Å²) in [7, 11) is 0. The molecular weight excluding hydrogens is 365 g/mol. The number of aromatic nitrogens is 2. The second-order valence-electron chi connectivity index (χ2n) is 6.08. The van der Waals surface area contributed by atoms with Crippen molar-refractivity contribution in [1.29, 1.82) is 0 Å². The molecule has 0 spiro atoms. The lowest BCUT2D eigenvalue weighted by Crippen LogP contribution is -2.24. The van der Waals surface area contributed by atoms with Crippen molar-refractivity contribution >= 4 is 17.0 Å². The van der Waals surface area contributed by atoms with Crippen LogP contribution < -0.4 is 10.4 Å². The van der Waals surface area contributed by atoms with Gasteiger partial charge in [-0.25, -0.2) is 14.0 Å². The second kappa shape index (κ2) is 6.82. The lowest BCUT2D eigenvalue weighted by molar-refractivity contribution is -0.0498. The highest BCUT2D eigenvalue weighted by Crippen LogP contribution is 2.26. The number of benzene rings is 2. The van der Waals surface area contributed by atoms with Gasteiger partial charge >= 0.3 is 18.3 Å². The van der Waals surface area contributed by atoms with Gasteiger partial charge in [0.2, 0.25) is 0 Å². The van der Waals surface area contributed by atoms with Crippen LogP contribution in [0.15, 0.2) is 41.2 Å². The molecule has 0 fully saturated rings. The van der Waals surface area contributed by atoms with Gasteiger partial charge in [-0.1, -0.05) is 6.07 Å². The van der Waals surface area contributed by atoms with Gasteiger partial charge in [-0.3, -0.25) is 9.13 Å². The summed E-state index contributed by atoms with van der Waals surface area (Å²) in [5.41, 5.74) is -0.607. The summed E-state index contributed by atoms with van der Waals surface area (Å²) in [5, 5.41) is 9.15. The molecule has 9 heteroatoms. The molecule has 0 saturated heterocycles. The molecule has 2 aromatic carbocycles. The van der Waals surface area contributed by atoms with Crippen molar-refractivity contribution in [3.8, 4) is 11.4 Å². The van der Waals surface area contributed by atoms with E-state index in [2.05, 4.69) is 4.74 Å². The highest BCUT2D eigenvalue weighted by molar-refractivity contribution is 5.93. The Morgan fingerprint density at radius 1 is 1.15 bits per heavy atom. The molecular formula is C18H15F3N2O4. The molecule has 0 aliphatic rings. The van der Waals surface area contributed by atoms with E-state index in [9.17, 15) is 22.8 Å². The molecule has 0 unspecified atom stereocenters. The Morgan fingerprint density at radius 3 is 2.44 bits per heavy atom. The van der Waals surface area contributed by atoms with E-state index in [0.29, 0.717) is 0 Å². The maximum atomic E-state index is 14.2. The van der Waals surface area contributed by atoms with Gasteiger partial charge in [-0.2, -0.15) is 8.78 Å². The van der Waals surface area contributed by atoms with Gasteiger partial charge < -0.3 is 9.84 Å². The molecule has 0 radical (unpaired) electrons. The van der Waals surface area contributed by atoms with Gasteiger partial charge in [0, 0.05) is 18.2 Å². The minimum absolute atomic E-state index is 0.116. The van der Waals surface area contributed by atoms with Crippen LogP contribution in [0, 0.1) is 5.82 Å². The number of hydrogen-bond donors (Lipinski definition) is 1. The molecule has 27 heavy (non-hydrogen) atoms. The molecule has 0 aliphatic carbocycles. The number of carbonyl (C=O) groups is 1. The highest BCUT2D eigenvalue weighted by atomic mass is 19.3. The van der Waals surface area contributed by atoms with Crippen LogP contribution in [0.25, 0.3) is 16.7 Å². The molecule has 1 heterocycles.